The summed E-state index contributed by atoms with van der Waals surface area (Å²) in [6, 6.07) is 4.14. The predicted molar refractivity (Wildman–Crippen MR) is 95.4 cm³/mol. The molecule has 28 heavy (non-hydrogen) atoms. The Balaban J connectivity index is 1.63. The van der Waals surface area contributed by atoms with Crippen LogP contribution in [0.3, 0.4) is 0 Å². The zero-order chi connectivity index (χ0) is 20.7. The van der Waals surface area contributed by atoms with Crippen LogP contribution in [0.5, 0.6) is 5.88 Å². The van der Waals surface area contributed by atoms with Crippen LogP contribution in [0.2, 0.25) is 10.4 Å². The van der Waals surface area contributed by atoms with E-state index in [0.29, 0.717) is 0 Å². The Hall–Kier alpha value is -2.16. The van der Waals surface area contributed by atoms with E-state index in [2.05, 4.69) is 10.1 Å². The fourth-order valence-electron chi connectivity index (χ4n) is 2.93. The van der Waals surface area contributed by atoms with Crippen molar-refractivity contribution in [3.8, 4) is 11.7 Å². The Labute approximate surface area is 165 Å². The lowest BCUT2D eigenvalue weighted by Gasteiger charge is -2.37. The van der Waals surface area contributed by atoms with Crippen molar-refractivity contribution in [3.05, 3.63) is 35.1 Å². The van der Waals surface area contributed by atoms with E-state index >= 15 is 0 Å². The number of rotatable bonds is 7. The maximum absolute atomic E-state index is 13.2. The largest absolute Gasteiger partial charge is 0.478 e. The number of aromatic nitrogens is 3. The van der Waals surface area contributed by atoms with Crippen LogP contribution in [-0.2, 0) is 0 Å². The molecular weight excluding hydrogens is 396 g/mol. The first-order valence-electron chi connectivity index (χ1n) is 8.20. The smallest absolute Gasteiger partial charge is 0.393 e. The molecule has 0 bridgehead atoms. The highest BCUT2D eigenvalue weighted by atomic mass is 35.5. The number of hydrogen-bond donors (Lipinski definition) is 1. The van der Waals surface area contributed by atoms with Gasteiger partial charge in [-0.15, -0.1) is 5.10 Å². The van der Waals surface area contributed by atoms with Crippen molar-refractivity contribution < 1.29 is 27.8 Å². The highest BCUT2D eigenvalue weighted by Crippen LogP contribution is 2.69. The van der Waals surface area contributed by atoms with Gasteiger partial charge in [0.15, 0.2) is 5.82 Å². The second kappa shape index (κ2) is 7.02. The molecular formula is C16H13B2ClF3N3O3. The summed E-state index contributed by atoms with van der Waals surface area (Å²) in [6.45, 7) is -0.159. The highest BCUT2D eigenvalue weighted by Gasteiger charge is 2.68. The standard InChI is InChI=1S/C16H13B2ClF3N3O3/c17-15(18,14(4-5-14)16(20,21)22)6-8-28-11-3-7-25(24-11)10-2-1-9(13(26)27)12(19)23-10/h1-3,7H,4-6,8H2,(H,26,27). The molecule has 2 aromatic rings. The van der Waals surface area contributed by atoms with Crippen LogP contribution in [0.1, 0.15) is 29.6 Å². The van der Waals surface area contributed by atoms with Crippen molar-refractivity contribution in [1.82, 2.24) is 14.8 Å². The number of carbonyl (C=O) groups is 1. The van der Waals surface area contributed by atoms with Crippen molar-refractivity contribution in [1.29, 1.82) is 0 Å². The number of pyridine rings is 1. The maximum atomic E-state index is 13.2. The quantitative estimate of drug-likeness (QED) is 0.562. The van der Waals surface area contributed by atoms with Gasteiger partial charge in [0.1, 0.15) is 5.15 Å². The molecule has 2 aromatic heterocycles. The van der Waals surface area contributed by atoms with Crippen LogP contribution in [0.25, 0.3) is 5.82 Å². The predicted octanol–water partition coefficient (Wildman–Crippen LogP) is 3.18. The second-order valence-electron chi connectivity index (χ2n) is 6.63. The van der Waals surface area contributed by atoms with E-state index < -0.39 is 22.8 Å². The fraction of sp³-hybridized carbons (Fsp3) is 0.438. The normalized spacial score (nSPS) is 16.0. The molecule has 144 valence electrons. The SMILES string of the molecule is [B]C([B])(CCOc1ccn(-c2ccc(C(=O)O)c(Cl)n2)n1)C1(C(F)(F)F)CC1. The molecule has 0 aromatic carbocycles. The van der Waals surface area contributed by atoms with Crippen molar-refractivity contribution in [2.24, 2.45) is 5.41 Å². The van der Waals surface area contributed by atoms with Crippen LogP contribution in [0, 0.1) is 5.41 Å². The molecule has 3 rings (SSSR count). The van der Waals surface area contributed by atoms with Gasteiger partial charge in [-0.1, -0.05) is 16.8 Å². The number of aromatic carboxylic acids is 1. The molecule has 0 amide bonds. The van der Waals surface area contributed by atoms with Gasteiger partial charge in [0.2, 0.25) is 5.88 Å². The summed E-state index contributed by atoms with van der Waals surface area (Å²) in [7, 11) is 11.5. The average Bonchev–Trinajstić information content (AvgIpc) is 3.30. The van der Waals surface area contributed by atoms with E-state index in [0.717, 1.165) is 0 Å². The van der Waals surface area contributed by atoms with Gasteiger partial charge in [-0.05, 0) is 31.4 Å². The van der Waals surface area contributed by atoms with Crippen LogP contribution in [0.15, 0.2) is 24.4 Å². The van der Waals surface area contributed by atoms with Gasteiger partial charge >= 0.3 is 12.1 Å². The van der Waals surface area contributed by atoms with Crippen LogP contribution in [-0.4, -0.2) is 54.3 Å². The summed E-state index contributed by atoms with van der Waals surface area (Å²) in [5.41, 5.74) is -2.23. The third kappa shape index (κ3) is 3.72. The summed E-state index contributed by atoms with van der Waals surface area (Å²) in [5, 5.41) is 10.9. The molecule has 0 saturated heterocycles. The van der Waals surface area contributed by atoms with E-state index in [1.165, 1.54) is 29.1 Å². The number of carboxylic acids is 1. The minimum Gasteiger partial charge on any atom is -0.478 e. The Morgan fingerprint density at radius 1 is 1.32 bits per heavy atom. The van der Waals surface area contributed by atoms with Crippen molar-refractivity contribution in [3.63, 3.8) is 0 Å². The van der Waals surface area contributed by atoms with E-state index in [-0.39, 0.29) is 48.3 Å². The van der Waals surface area contributed by atoms with E-state index in [1.54, 1.807) is 0 Å². The lowest BCUT2D eigenvalue weighted by atomic mass is 9.45. The number of nitrogens with zero attached hydrogens (tertiary/aromatic N) is 3. The number of halogens is 4. The molecule has 0 aliphatic heterocycles. The van der Waals surface area contributed by atoms with Crippen molar-refractivity contribution in [2.45, 2.75) is 30.7 Å². The van der Waals surface area contributed by atoms with Crippen LogP contribution < -0.4 is 4.74 Å². The van der Waals surface area contributed by atoms with Crippen molar-refractivity contribution >= 4 is 33.3 Å². The third-order valence-electron chi connectivity index (χ3n) is 4.81. The van der Waals surface area contributed by atoms with Gasteiger partial charge in [0.25, 0.3) is 0 Å². The van der Waals surface area contributed by atoms with Gasteiger partial charge in [-0.3, -0.25) is 0 Å². The highest BCUT2D eigenvalue weighted by molar-refractivity contribution is 6.40. The molecule has 0 atom stereocenters. The molecule has 12 heteroatoms. The summed E-state index contributed by atoms with van der Waals surface area (Å²) in [4.78, 5) is 14.9. The molecule has 6 nitrogen and oxygen atoms in total. The van der Waals surface area contributed by atoms with E-state index in [9.17, 15) is 18.0 Å². The molecule has 2 heterocycles. The molecule has 1 N–H and O–H groups in total. The van der Waals surface area contributed by atoms with Gasteiger partial charge in [0.05, 0.1) is 33.3 Å². The number of carboxylic acid groups (broad SMARTS) is 1. The van der Waals surface area contributed by atoms with Gasteiger partial charge < -0.3 is 9.84 Å². The first-order chi connectivity index (χ1) is 13.0. The lowest BCUT2D eigenvalue weighted by molar-refractivity contribution is -0.192. The zero-order valence-electron chi connectivity index (χ0n) is 14.4. The van der Waals surface area contributed by atoms with Gasteiger partial charge in [-0.25, -0.2) is 14.5 Å². The summed E-state index contributed by atoms with van der Waals surface area (Å²) >= 11 is 5.82. The average molecular weight is 409 g/mol. The molecule has 1 aliphatic rings. The molecule has 1 fully saturated rings. The van der Waals surface area contributed by atoms with Crippen molar-refractivity contribution in [2.75, 3.05) is 6.61 Å². The van der Waals surface area contributed by atoms with E-state index in [4.69, 9.17) is 37.1 Å². The summed E-state index contributed by atoms with van der Waals surface area (Å²) in [5.74, 6) is -0.855. The van der Waals surface area contributed by atoms with Crippen LogP contribution in [0.4, 0.5) is 13.2 Å². The monoisotopic (exact) mass is 409 g/mol. The number of ether oxygens (including phenoxy) is 1. The minimum absolute atomic E-state index is 0.100. The Morgan fingerprint density at radius 3 is 2.54 bits per heavy atom. The fourth-order valence-corrected chi connectivity index (χ4v) is 3.16. The minimum atomic E-state index is -4.47. The Kier molecular flexibility index (Phi) is 5.16. The Bertz CT molecular complexity index is 901. The molecule has 0 unspecified atom stereocenters. The molecule has 0 spiro atoms. The summed E-state index contributed by atoms with van der Waals surface area (Å²) in [6.07, 6.45) is -3.40. The van der Waals surface area contributed by atoms with Gasteiger partial charge in [-0.2, -0.15) is 13.2 Å². The number of alkyl halides is 3. The summed E-state index contributed by atoms with van der Waals surface area (Å²) < 4.78 is 46.2. The molecule has 1 aliphatic carbocycles. The molecule has 1 saturated carbocycles. The third-order valence-corrected chi connectivity index (χ3v) is 5.10. The molecule has 4 radical (unpaired) electrons. The first kappa shape index (κ1) is 20.6. The number of hydrogen-bond acceptors (Lipinski definition) is 4. The second-order valence-corrected chi connectivity index (χ2v) is 6.99. The zero-order valence-corrected chi connectivity index (χ0v) is 15.2. The Morgan fingerprint density at radius 2 is 2.00 bits per heavy atom. The van der Waals surface area contributed by atoms with E-state index in [1.807, 2.05) is 0 Å². The topological polar surface area (TPSA) is 77.2 Å². The maximum Gasteiger partial charge on any atom is 0.393 e. The van der Waals surface area contributed by atoms with Crippen LogP contribution >= 0.6 is 11.6 Å². The first-order valence-corrected chi connectivity index (χ1v) is 8.58. The van der Waals surface area contributed by atoms with Gasteiger partial charge in [0, 0.05) is 12.3 Å². The lowest BCUT2D eigenvalue weighted by Crippen LogP contribution is -2.39.